The molecule has 0 saturated carbocycles. The molecule has 0 radical (unpaired) electrons. The number of hydrogen-bond donors (Lipinski definition) is 2. The van der Waals surface area contributed by atoms with Crippen molar-refractivity contribution in [3.8, 4) is 5.75 Å². The number of nitrogens with one attached hydrogen (secondary N) is 1. The molecule has 1 fully saturated rings. The Labute approximate surface area is 154 Å². The van der Waals surface area contributed by atoms with Gasteiger partial charge in [-0.15, -0.1) is 24.8 Å². The van der Waals surface area contributed by atoms with Crippen LogP contribution < -0.4 is 5.32 Å². The predicted molar refractivity (Wildman–Crippen MR) is 92.8 cm³/mol. The van der Waals surface area contributed by atoms with E-state index in [4.69, 9.17) is 0 Å². The normalized spacial score (nSPS) is 17.0. The van der Waals surface area contributed by atoms with E-state index in [0.29, 0.717) is 18.7 Å². The number of halogens is 6. The Morgan fingerprint density at radius 1 is 1.22 bits per heavy atom. The van der Waals surface area contributed by atoms with Gasteiger partial charge in [-0.25, -0.2) is 0 Å². The zero-order valence-electron chi connectivity index (χ0n) is 12.3. The van der Waals surface area contributed by atoms with E-state index in [2.05, 4.69) is 21.2 Å². The highest BCUT2D eigenvalue weighted by Gasteiger charge is 2.32. The first-order valence-electron chi connectivity index (χ1n) is 6.87. The molecule has 0 aliphatic carbocycles. The van der Waals surface area contributed by atoms with Crippen LogP contribution in [-0.2, 0) is 0 Å². The van der Waals surface area contributed by atoms with Crippen LogP contribution in [0.1, 0.15) is 24.4 Å². The van der Waals surface area contributed by atoms with E-state index >= 15 is 0 Å². The van der Waals surface area contributed by atoms with Crippen LogP contribution in [0.25, 0.3) is 0 Å². The number of nitrogens with zero attached hydrogens (tertiary/aromatic N) is 1. The molecule has 9 heteroatoms. The lowest BCUT2D eigenvalue weighted by atomic mass is 9.98. The van der Waals surface area contributed by atoms with Gasteiger partial charge in [-0.05, 0) is 24.6 Å². The maximum Gasteiger partial charge on any atom is 0.389 e. The highest BCUT2D eigenvalue weighted by Crippen LogP contribution is 2.36. The van der Waals surface area contributed by atoms with Crippen molar-refractivity contribution in [1.29, 1.82) is 0 Å². The first kappa shape index (κ1) is 22.8. The Morgan fingerprint density at radius 3 is 2.39 bits per heavy atom. The number of piperazine rings is 1. The van der Waals surface area contributed by atoms with Crippen LogP contribution in [0.3, 0.4) is 0 Å². The van der Waals surface area contributed by atoms with Crippen LogP contribution in [-0.4, -0.2) is 42.4 Å². The summed E-state index contributed by atoms with van der Waals surface area (Å²) in [5.74, 6) is 0.0453. The summed E-state index contributed by atoms with van der Waals surface area (Å²) in [5, 5.41) is 13.2. The standard InChI is InChI=1S/C14H18BrF3N2O.2ClH/c15-10-1-2-13(21)11(9-10)12(3-4-14(16,17)18)20-7-5-19-6-8-20;;/h1-2,9,12,19,21H,3-8H2;2*1H/t12-;;/m0../s1. The van der Waals surface area contributed by atoms with E-state index in [0.717, 1.165) is 17.6 Å². The molecule has 1 aromatic rings. The lowest BCUT2D eigenvalue weighted by Gasteiger charge is -2.35. The van der Waals surface area contributed by atoms with E-state index in [9.17, 15) is 18.3 Å². The van der Waals surface area contributed by atoms with Gasteiger partial charge in [-0.1, -0.05) is 15.9 Å². The van der Waals surface area contributed by atoms with Gasteiger partial charge in [0.25, 0.3) is 0 Å². The second-order valence-corrected chi connectivity index (χ2v) is 6.07. The smallest absolute Gasteiger partial charge is 0.389 e. The molecule has 0 amide bonds. The summed E-state index contributed by atoms with van der Waals surface area (Å²) in [6.07, 6.45) is -5.09. The van der Waals surface area contributed by atoms with Crippen LogP contribution in [0, 0.1) is 0 Å². The summed E-state index contributed by atoms with van der Waals surface area (Å²) >= 11 is 3.32. The SMILES string of the molecule is Cl.Cl.Oc1ccc(Br)cc1[C@H](CCC(F)(F)F)N1CCNCC1. The van der Waals surface area contributed by atoms with Gasteiger partial charge in [0.2, 0.25) is 0 Å². The second kappa shape index (κ2) is 9.93. The first-order chi connectivity index (χ1) is 9.87. The topological polar surface area (TPSA) is 35.5 Å². The molecule has 0 spiro atoms. The van der Waals surface area contributed by atoms with Crippen LogP contribution in [0.4, 0.5) is 13.2 Å². The molecular formula is C14H20BrCl2F3N2O. The summed E-state index contributed by atoms with van der Waals surface area (Å²) in [6.45, 7) is 2.84. The van der Waals surface area contributed by atoms with E-state index in [1.807, 2.05) is 4.90 Å². The van der Waals surface area contributed by atoms with Crippen LogP contribution in [0.15, 0.2) is 22.7 Å². The molecule has 0 bridgehead atoms. The Hall–Kier alpha value is -0.210. The predicted octanol–water partition coefficient (Wildman–Crippen LogP) is 4.29. The monoisotopic (exact) mass is 438 g/mol. The second-order valence-electron chi connectivity index (χ2n) is 5.16. The molecular weight excluding hydrogens is 420 g/mol. The van der Waals surface area contributed by atoms with Crippen molar-refractivity contribution in [2.45, 2.75) is 25.1 Å². The van der Waals surface area contributed by atoms with Crippen molar-refractivity contribution in [3.05, 3.63) is 28.2 Å². The summed E-state index contributed by atoms with van der Waals surface area (Å²) < 4.78 is 38.5. The van der Waals surface area contributed by atoms with Gasteiger partial charge in [0.15, 0.2) is 0 Å². The van der Waals surface area contributed by atoms with Gasteiger partial charge < -0.3 is 10.4 Å². The van der Waals surface area contributed by atoms with Gasteiger partial charge in [0.05, 0.1) is 0 Å². The molecule has 1 heterocycles. The number of hydrogen-bond acceptors (Lipinski definition) is 3. The fraction of sp³-hybridized carbons (Fsp3) is 0.571. The largest absolute Gasteiger partial charge is 0.508 e. The molecule has 1 atom stereocenters. The van der Waals surface area contributed by atoms with Crippen molar-refractivity contribution in [1.82, 2.24) is 10.2 Å². The van der Waals surface area contributed by atoms with Crippen molar-refractivity contribution in [2.75, 3.05) is 26.2 Å². The summed E-state index contributed by atoms with van der Waals surface area (Å²) in [4.78, 5) is 2.00. The van der Waals surface area contributed by atoms with Gasteiger partial charge in [0.1, 0.15) is 5.75 Å². The van der Waals surface area contributed by atoms with Gasteiger partial charge in [0, 0.05) is 48.7 Å². The molecule has 23 heavy (non-hydrogen) atoms. The molecule has 1 saturated heterocycles. The van der Waals surface area contributed by atoms with Crippen LogP contribution in [0.2, 0.25) is 0 Å². The average molecular weight is 440 g/mol. The lowest BCUT2D eigenvalue weighted by molar-refractivity contribution is -0.138. The summed E-state index contributed by atoms with van der Waals surface area (Å²) in [5.41, 5.74) is 0.551. The zero-order chi connectivity index (χ0) is 15.5. The Bertz CT molecular complexity index is 486. The van der Waals surface area contributed by atoms with Crippen molar-refractivity contribution in [3.63, 3.8) is 0 Å². The van der Waals surface area contributed by atoms with Gasteiger partial charge in [-0.2, -0.15) is 13.2 Å². The van der Waals surface area contributed by atoms with Crippen molar-refractivity contribution < 1.29 is 18.3 Å². The minimum atomic E-state index is -4.19. The summed E-state index contributed by atoms with van der Waals surface area (Å²) in [6, 6.07) is 4.48. The van der Waals surface area contributed by atoms with E-state index < -0.39 is 18.6 Å². The van der Waals surface area contributed by atoms with E-state index in [1.54, 1.807) is 12.1 Å². The van der Waals surface area contributed by atoms with Crippen molar-refractivity contribution in [2.24, 2.45) is 0 Å². The van der Waals surface area contributed by atoms with Crippen molar-refractivity contribution >= 4 is 40.7 Å². The molecule has 134 valence electrons. The van der Waals surface area contributed by atoms with Gasteiger partial charge >= 0.3 is 6.18 Å². The molecule has 0 unspecified atom stereocenters. The average Bonchev–Trinajstić information content (AvgIpc) is 2.43. The number of benzene rings is 1. The third kappa shape index (κ3) is 7.05. The fourth-order valence-electron chi connectivity index (χ4n) is 2.62. The number of phenols is 1. The van der Waals surface area contributed by atoms with E-state index in [1.165, 1.54) is 6.07 Å². The number of rotatable bonds is 4. The minimum absolute atomic E-state index is 0. The third-order valence-corrected chi connectivity index (χ3v) is 4.14. The molecule has 2 rings (SSSR count). The molecule has 1 aliphatic heterocycles. The maximum absolute atomic E-state index is 12.6. The van der Waals surface area contributed by atoms with Crippen LogP contribution >= 0.6 is 40.7 Å². The van der Waals surface area contributed by atoms with Crippen LogP contribution in [0.5, 0.6) is 5.75 Å². The summed E-state index contributed by atoms with van der Waals surface area (Å²) in [7, 11) is 0. The Kier molecular flexibility index (Phi) is 9.84. The Balaban J connectivity index is 0.00000242. The molecule has 3 nitrogen and oxygen atoms in total. The first-order valence-corrected chi connectivity index (χ1v) is 7.66. The zero-order valence-corrected chi connectivity index (χ0v) is 15.5. The number of aromatic hydroxyl groups is 1. The van der Waals surface area contributed by atoms with E-state index in [-0.39, 0.29) is 37.0 Å². The van der Waals surface area contributed by atoms with Gasteiger partial charge in [-0.3, -0.25) is 4.90 Å². The Morgan fingerprint density at radius 2 is 1.83 bits per heavy atom. The third-order valence-electron chi connectivity index (χ3n) is 3.64. The quantitative estimate of drug-likeness (QED) is 0.734. The number of alkyl halides is 3. The lowest BCUT2D eigenvalue weighted by Crippen LogP contribution is -2.45. The fourth-order valence-corrected chi connectivity index (χ4v) is 3.00. The molecule has 1 aliphatic rings. The molecule has 1 aromatic carbocycles. The highest BCUT2D eigenvalue weighted by molar-refractivity contribution is 9.10. The molecule has 2 N–H and O–H groups in total. The maximum atomic E-state index is 12.6. The minimum Gasteiger partial charge on any atom is -0.508 e. The highest BCUT2D eigenvalue weighted by atomic mass is 79.9. The molecule has 0 aromatic heterocycles. The number of phenolic OH excluding ortho intramolecular Hbond substituents is 1.